The van der Waals surface area contributed by atoms with Crippen molar-refractivity contribution in [2.45, 2.75) is 50.9 Å². The third-order valence-corrected chi connectivity index (χ3v) is 6.50. The van der Waals surface area contributed by atoms with E-state index in [1.54, 1.807) is 36.4 Å². The minimum absolute atomic E-state index is 0.0210. The molecule has 18 nitrogen and oxygen atoms in total. The molecular formula is C30H41N9O9. The van der Waals surface area contributed by atoms with Crippen LogP contribution in [0.5, 0.6) is 0 Å². The van der Waals surface area contributed by atoms with Crippen LogP contribution in [0.4, 0.5) is 10.5 Å². The second kappa shape index (κ2) is 18.9. The number of fused-ring (bicyclic) bond motifs is 1. The topological polar surface area (TPSA) is 321 Å². The molecule has 3 aromatic rings. The average molecular weight is 672 g/mol. The summed E-state index contributed by atoms with van der Waals surface area (Å²) < 4.78 is 5.30. The van der Waals surface area contributed by atoms with Crippen LogP contribution in [0.2, 0.25) is 0 Å². The lowest BCUT2D eigenvalue weighted by molar-refractivity contribution is -0.186. The number of carbonyl (C=O) groups is 3. The zero-order valence-electron chi connectivity index (χ0n) is 26.2. The average Bonchev–Trinajstić information content (AvgIpc) is 3.01. The summed E-state index contributed by atoms with van der Waals surface area (Å²) in [6.07, 6.45) is -1.13. The van der Waals surface area contributed by atoms with Crippen LogP contribution in [-0.4, -0.2) is 81.5 Å². The molecule has 18 heteroatoms. The summed E-state index contributed by atoms with van der Waals surface area (Å²) in [4.78, 5) is 58.5. The second-order valence-corrected chi connectivity index (χ2v) is 10.4. The number of nitrogens with two attached hydrogens (primary N) is 5. The fraction of sp³-hybridized carbons (Fsp3) is 0.333. The Morgan fingerprint density at radius 1 is 0.958 bits per heavy atom. The Kier molecular flexibility index (Phi) is 15.1. The molecule has 3 atom stereocenters. The highest BCUT2D eigenvalue weighted by atomic mass is 16.7. The van der Waals surface area contributed by atoms with Gasteiger partial charge in [-0.3, -0.25) is 19.6 Å². The Morgan fingerprint density at radius 3 is 2.21 bits per heavy atom. The van der Waals surface area contributed by atoms with E-state index in [4.69, 9.17) is 43.0 Å². The molecule has 1 unspecified atom stereocenters. The molecule has 0 bridgehead atoms. The zero-order chi connectivity index (χ0) is 35.8. The number of carboxylic acid groups (broad SMARTS) is 3. The van der Waals surface area contributed by atoms with Gasteiger partial charge in [0, 0.05) is 18.0 Å². The Labute approximate surface area is 274 Å². The van der Waals surface area contributed by atoms with Crippen molar-refractivity contribution in [3.8, 4) is 0 Å². The Hall–Kier alpha value is -5.88. The number of guanidine groups is 2. The number of aliphatic carboxylic acids is 2. The van der Waals surface area contributed by atoms with Crippen LogP contribution >= 0.6 is 0 Å². The van der Waals surface area contributed by atoms with Gasteiger partial charge in [0.2, 0.25) is 0 Å². The number of hydrogen-bond acceptors (Lipinski definition) is 10. The standard InChI is InChI=1S/C16H21N5O4.C14H20N4O5/c1-8-2-3-9-5-12(15(24)25-13(9)4-8)21-10(7-20-16(18)19)6-11(17)14(22)23;15-13(16)17-8-4-7-11(12(19)20)18(14(21)22)23-9-10-5-2-1-3-6-10/h2-5,10-11,21H,6-7,17H2,1H3,(H,22,23)(H4,18,19,20);1-3,5-6,11H,4,7-9H2,(H,19,20)(H,21,22)(H4,15,16,17)/t10?,11-;11-/m00/s1. The van der Waals surface area contributed by atoms with Gasteiger partial charge in [-0.1, -0.05) is 42.5 Å². The van der Waals surface area contributed by atoms with E-state index in [9.17, 15) is 29.4 Å². The van der Waals surface area contributed by atoms with Crippen LogP contribution in [0, 0.1) is 6.92 Å². The molecule has 260 valence electrons. The second-order valence-electron chi connectivity index (χ2n) is 10.4. The van der Waals surface area contributed by atoms with E-state index >= 15 is 0 Å². The van der Waals surface area contributed by atoms with E-state index in [2.05, 4.69) is 15.3 Å². The quantitative estimate of drug-likeness (QED) is 0.0330. The van der Waals surface area contributed by atoms with Crippen molar-refractivity contribution < 1.29 is 39.0 Å². The maximum absolute atomic E-state index is 12.2. The number of hydroxylamine groups is 2. The fourth-order valence-corrected chi connectivity index (χ4v) is 4.17. The minimum atomic E-state index is -1.48. The molecule has 0 aliphatic heterocycles. The number of rotatable bonds is 16. The molecule has 1 aromatic heterocycles. The highest BCUT2D eigenvalue weighted by Gasteiger charge is 2.30. The molecule has 0 aliphatic rings. The number of aliphatic imine (C=N–C) groups is 2. The van der Waals surface area contributed by atoms with E-state index in [0.717, 1.165) is 16.5 Å². The van der Waals surface area contributed by atoms with Gasteiger partial charge >= 0.3 is 23.7 Å². The van der Waals surface area contributed by atoms with Crippen molar-refractivity contribution in [1.82, 2.24) is 5.06 Å². The number of carboxylic acids is 2. The van der Waals surface area contributed by atoms with Gasteiger partial charge in [-0.25, -0.2) is 14.4 Å². The lowest BCUT2D eigenvalue weighted by Gasteiger charge is -2.25. The number of nitrogens with one attached hydrogen (secondary N) is 1. The number of hydrogen-bond donors (Lipinski definition) is 9. The van der Waals surface area contributed by atoms with Crippen molar-refractivity contribution >= 4 is 46.6 Å². The highest BCUT2D eigenvalue weighted by Crippen LogP contribution is 2.18. The first-order valence-corrected chi connectivity index (χ1v) is 14.5. The highest BCUT2D eigenvalue weighted by molar-refractivity contribution is 5.81. The van der Waals surface area contributed by atoms with Crippen molar-refractivity contribution in [2.75, 3.05) is 18.4 Å². The normalized spacial score (nSPS) is 12.4. The summed E-state index contributed by atoms with van der Waals surface area (Å²) in [6.45, 7) is 2.11. The molecule has 0 spiro atoms. The lowest BCUT2D eigenvalue weighted by atomic mass is 10.1. The van der Waals surface area contributed by atoms with Crippen LogP contribution in [0.15, 0.2) is 73.8 Å². The van der Waals surface area contributed by atoms with Gasteiger partial charge in [0.15, 0.2) is 18.0 Å². The molecule has 14 N–H and O–H groups in total. The van der Waals surface area contributed by atoms with Gasteiger partial charge in [-0.05, 0) is 49.4 Å². The molecule has 0 radical (unpaired) electrons. The van der Waals surface area contributed by atoms with Gasteiger partial charge in [-0.15, -0.1) is 0 Å². The number of amides is 1. The van der Waals surface area contributed by atoms with Crippen molar-refractivity contribution in [2.24, 2.45) is 38.7 Å². The largest absolute Gasteiger partial charge is 0.480 e. The first-order chi connectivity index (χ1) is 22.7. The van der Waals surface area contributed by atoms with E-state index < -0.39 is 41.8 Å². The molecule has 0 fully saturated rings. The fourth-order valence-electron chi connectivity index (χ4n) is 4.17. The van der Waals surface area contributed by atoms with Crippen LogP contribution < -0.4 is 39.6 Å². The number of nitrogens with zero attached hydrogens (tertiary/aromatic N) is 3. The summed E-state index contributed by atoms with van der Waals surface area (Å²) in [5.74, 6) is -2.70. The Morgan fingerprint density at radius 2 is 1.62 bits per heavy atom. The third kappa shape index (κ3) is 13.2. The molecule has 3 rings (SSSR count). The lowest BCUT2D eigenvalue weighted by Crippen LogP contribution is -2.44. The minimum Gasteiger partial charge on any atom is -0.480 e. The van der Waals surface area contributed by atoms with Crippen LogP contribution in [0.1, 0.15) is 30.4 Å². The van der Waals surface area contributed by atoms with Crippen LogP contribution in [-0.2, 0) is 21.0 Å². The number of aryl methyl sites for hydroxylation is 1. The SMILES string of the molecule is Cc1ccc2cc(NC(CN=C(N)N)C[C@H](N)C(=O)O)c(=O)oc2c1.NC(N)=NCCC[C@@H](C(=O)O)N(OCc1ccccc1)C(=O)O. The predicted octanol–water partition coefficient (Wildman–Crippen LogP) is 0.562. The summed E-state index contributed by atoms with van der Waals surface area (Å²) in [6, 6.07) is 12.9. The maximum Gasteiger partial charge on any atom is 0.432 e. The van der Waals surface area contributed by atoms with Crippen molar-refractivity contribution in [3.05, 3.63) is 76.1 Å². The van der Waals surface area contributed by atoms with Gasteiger partial charge < -0.3 is 53.7 Å². The zero-order valence-corrected chi connectivity index (χ0v) is 26.2. The predicted molar refractivity (Wildman–Crippen MR) is 178 cm³/mol. The molecular weight excluding hydrogens is 630 g/mol. The molecule has 0 saturated heterocycles. The van der Waals surface area contributed by atoms with Crippen molar-refractivity contribution in [1.29, 1.82) is 0 Å². The van der Waals surface area contributed by atoms with Gasteiger partial charge in [0.25, 0.3) is 0 Å². The monoisotopic (exact) mass is 671 g/mol. The molecule has 1 amide bonds. The van der Waals surface area contributed by atoms with E-state index in [1.165, 1.54) is 0 Å². The smallest absolute Gasteiger partial charge is 0.432 e. The number of anilines is 1. The van der Waals surface area contributed by atoms with E-state index in [1.807, 2.05) is 25.1 Å². The van der Waals surface area contributed by atoms with E-state index in [-0.39, 0.29) is 50.1 Å². The molecule has 0 aliphatic carbocycles. The molecule has 0 saturated carbocycles. The summed E-state index contributed by atoms with van der Waals surface area (Å²) in [7, 11) is 0. The number of benzene rings is 2. The first kappa shape index (κ1) is 38.3. The molecule has 48 heavy (non-hydrogen) atoms. The Balaban J connectivity index is 0.000000335. The van der Waals surface area contributed by atoms with Gasteiger partial charge in [-0.2, -0.15) is 5.06 Å². The van der Waals surface area contributed by atoms with Crippen LogP contribution in [0.3, 0.4) is 0 Å². The van der Waals surface area contributed by atoms with Gasteiger partial charge in [0.1, 0.15) is 23.9 Å². The summed E-state index contributed by atoms with van der Waals surface area (Å²) in [5, 5.41) is 31.5. The maximum atomic E-state index is 12.2. The third-order valence-electron chi connectivity index (χ3n) is 6.50. The van der Waals surface area contributed by atoms with Crippen molar-refractivity contribution in [3.63, 3.8) is 0 Å². The van der Waals surface area contributed by atoms with Gasteiger partial charge in [0.05, 0.1) is 6.54 Å². The molecule has 1 heterocycles. The van der Waals surface area contributed by atoms with Crippen LogP contribution in [0.25, 0.3) is 11.0 Å². The summed E-state index contributed by atoms with van der Waals surface area (Å²) >= 11 is 0. The Bertz CT molecular complexity index is 1640. The van der Waals surface area contributed by atoms with E-state index in [0.29, 0.717) is 17.1 Å². The first-order valence-electron chi connectivity index (χ1n) is 14.5. The molecule has 2 aromatic carbocycles. The summed E-state index contributed by atoms with van der Waals surface area (Å²) in [5.41, 5.74) is 28.3.